The third-order valence-electron chi connectivity index (χ3n) is 8.50. The van der Waals surface area contributed by atoms with Gasteiger partial charge in [0.15, 0.2) is 5.79 Å². The van der Waals surface area contributed by atoms with Crippen molar-refractivity contribution >= 4 is 0 Å². The van der Waals surface area contributed by atoms with Gasteiger partial charge < -0.3 is 14.6 Å². The Balaban J connectivity index is 2.09. The Morgan fingerprint density at radius 2 is 0.925 bits per heavy atom. The van der Waals surface area contributed by atoms with Gasteiger partial charge in [0.25, 0.3) is 0 Å². The van der Waals surface area contributed by atoms with Crippen molar-refractivity contribution in [1.82, 2.24) is 0 Å². The average molecular weight is 563 g/mol. The summed E-state index contributed by atoms with van der Waals surface area (Å²) in [5.41, 5.74) is 0. The molecule has 3 heteroatoms. The van der Waals surface area contributed by atoms with Gasteiger partial charge in [0.05, 0.1) is 12.7 Å². The highest BCUT2D eigenvalue weighted by molar-refractivity contribution is 4.82. The normalized spacial score (nSPS) is 17.1. The van der Waals surface area contributed by atoms with Crippen LogP contribution in [-0.2, 0) is 9.47 Å². The molecule has 0 aromatic heterocycles. The average Bonchev–Trinajstić information content (AvgIpc) is 3.36. The van der Waals surface area contributed by atoms with Crippen molar-refractivity contribution < 1.29 is 14.6 Å². The van der Waals surface area contributed by atoms with Gasteiger partial charge in [-0.2, -0.15) is 0 Å². The molecule has 0 bridgehead atoms. The lowest BCUT2D eigenvalue weighted by atomic mass is 9.98. The Bertz CT molecular complexity index is 532. The van der Waals surface area contributed by atoms with Crippen LogP contribution >= 0.6 is 0 Å². The molecular weight excluding hydrogens is 492 g/mol. The smallest absolute Gasteiger partial charge is 0.168 e. The summed E-state index contributed by atoms with van der Waals surface area (Å²) in [7, 11) is 0. The number of hydrogen-bond acceptors (Lipinski definition) is 3. The largest absolute Gasteiger partial charge is 0.396 e. The van der Waals surface area contributed by atoms with E-state index in [1.165, 1.54) is 154 Å². The highest BCUT2D eigenvalue weighted by Crippen LogP contribution is 2.35. The second kappa shape index (κ2) is 28.5. The molecule has 0 unspecified atom stereocenters. The van der Waals surface area contributed by atoms with Crippen LogP contribution in [0.2, 0.25) is 0 Å². The molecule has 1 aliphatic rings. The molecule has 0 saturated carbocycles. The molecule has 0 radical (unpaired) electrons. The predicted octanol–water partition coefficient (Wildman–Crippen LogP) is 11.8. The standard InChI is InChI=1S/C37H70O3/c1-3-5-7-9-11-13-15-17-19-21-23-25-27-29-32-37(39-35-36(40-37)31-34-38)33-30-28-26-24-22-20-18-16-14-12-10-8-6-4-2/h13-16,36,38H,3-12,17-35H2,1-2H3/b15-13-,16-14-/t36-/m0/s1. The number of unbranched alkanes of at least 4 members (excludes halogenated alkanes) is 20. The van der Waals surface area contributed by atoms with Crippen LogP contribution in [0.3, 0.4) is 0 Å². The molecule has 1 heterocycles. The van der Waals surface area contributed by atoms with Gasteiger partial charge >= 0.3 is 0 Å². The third kappa shape index (κ3) is 22.0. The summed E-state index contributed by atoms with van der Waals surface area (Å²) >= 11 is 0. The summed E-state index contributed by atoms with van der Waals surface area (Å²) in [6.45, 7) is 5.39. The quantitative estimate of drug-likeness (QED) is 0.0699. The second-order valence-electron chi connectivity index (χ2n) is 12.4. The first-order valence-electron chi connectivity index (χ1n) is 18.0. The number of rotatable bonds is 30. The fraction of sp³-hybridized carbons (Fsp3) is 0.892. The van der Waals surface area contributed by atoms with Crippen molar-refractivity contribution in [3.05, 3.63) is 24.3 Å². The van der Waals surface area contributed by atoms with Crippen LogP contribution < -0.4 is 0 Å². The highest BCUT2D eigenvalue weighted by atomic mass is 16.7. The van der Waals surface area contributed by atoms with Gasteiger partial charge in [-0.3, -0.25) is 0 Å². The topological polar surface area (TPSA) is 38.7 Å². The second-order valence-corrected chi connectivity index (χ2v) is 12.4. The molecule has 1 N–H and O–H groups in total. The van der Waals surface area contributed by atoms with E-state index in [9.17, 15) is 5.11 Å². The zero-order chi connectivity index (χ0) is 28.8. The van der Waals surface area contributed by atoms with E-state index in [1.807, 2.05) is 0 Å². The van der Waals surface area contributed by atoms with Crippen molar-refractivity contribution in [2.45, 2.75) is 199 Å². The van der Waals surface area contributed by atoms with Crippen LogP contribution in [0.4, 0.5) is 0 Å². The zero-order valence-corrected chi connectivity index (χ0v) is 27.2. The summed E-state index contributed by atoms with van der Waals surface area (Å²) in [4.78, 5) is 0. The lowest BCUT2D eigenvalue weighted by Crippen LogP contribution is -2.31. The molecule has 1 aliphatic heterocycles. The maximum atomic E-state index is 9.37. The van der Waals surface area contributed by atoms with E-state index in [0.717, 1.165) is 12.8 Å². The first kappa shape index (κ1) is 37.4. The van der Waals surface area contributed by atoms with E-state index in [-0.39, 0.29) is 18.5 Å². The Kier molecular flexibility index (Phi) is 26.6. The summed E-state index contributed by atoms with van der Waals surface area (Å²) in [5.74, 6) is -0.385. The first-order valence-corrected chi connectivity index (χ1v) is 18.0. The number of aliphatic hydroxyl groups is 1. The SMILES string of the molecule is CCCCCC/C=C\CCCCCCCCC1(CCCCCCCC/C=C\CCCCCC)OC[C@H](CCO)O1. The maximum Gasteiger partial charge on any atom is 0.168 e. The van der Waals surface area contributed by atoms with Crippen LogP contribution in [0.15, 0.2) is 24.3 Å². The molecule has 1 saturated heterocycles. The molecule has 1 fully saturated rings. The van der Waals surface area contributed by atoms with Crippen molar-refractivity contribution in [3.8, 4) is 0 Å². The molecular formula is C37H70O3. The van der Waals surface area contributed by atoms with E-state index in [2.05, 4.69) is 38.2 Å². The minimum absolute atomic E-state index is 0.0735. The first-order chi connectivity index (χ1) is 19.8. The van der Waals surface area contributed by atoms with Crippen LogP contribution in [0.5, 0.6) is 0 Å². The molecule has 1 atom stereocenters. The fourth-order valence-corrected chi connectivity index (χ4v) is 5.87. The van der Waals surface area contributed by atoms with Crippen molar-refractivity contribution in [2.75, 3.05) is 13.2 Å². The summed E-state index contributed by atoms with van der Waals surface area (Å²) < 4.78 is 12.7. The molecule has 0 aromatic rings. The van der Waals surface area contributed by atoms with Crippen LogP contribution in [0, 0.1) is 0 Å². The lowest BCUT2D eigenvalue weighted by Gasteiger charge is -2.28. The molecule has 40 heavy (non-hydrogen) atoms. The Hall–Kier alpha value is -0.640. The van der Waals surface area contributed by atoms with E-state index in [1.54, 1.807) is 0 Å². The Morgan fingerprint density at radius 1 is 0.550 bits per heavy atom. The van der Waals surface area contributed by atoms with Gasteiger partial charge in [0, 0.05) is 19.4 Å². The van der Waals surface area contributed by atoms with Crippen molar-refractivity contribution in [3.63, 3.8) is 0 Å². The van der Waals surface area contributed by atoms with E-state index in [0.29, 0.717) is 13.0 Å². The number of hydrogen-bond donors (Lipinski definition) is 1. The molecule has 0 amide bonds. The molecule has 3 nitrogen and oxygen atoms in total. The minimum Gasteiger partial charge on any atom is -0.396 e. The van der Waals surface area contributed by atoms with E-state index < -0.39 is 0 Å². The molecule has 0 aliphatic carbocycles. The highest BCUT2D eigenvalue weighted by Gasteiger charge is 2.40. The van der Waals surface area contributed by atoms with Crippen LogP contribution in [0.25, 0.3) is 0 Å². The predicted molar refractivity (Wildman–Crippen MR) is 175 cm³/mol. The fourth-order valence-electron chi connectivity index (χ4n) is 5.87. The van der Waals surface area contributed by atoms with Gasteiger partial charge in [-0.25, -0.2) is 0 Å². The summed E-state index contributed by atoms with van der Waals surface area (Å²) in [6.07, 6.45) is 44.0. The van der Waals surface area contributed by atoms with Gasteiger partial charge in [0.1, 0.15) is 0 Å². The van der Waals surface area contributed by atoms with Crippen LogP contribution in [0.1, 0.15) is 187 Å². The van der Waals surface area contributed by atoms with Gasteiger partial charge in [-0.1, -0.05) is 128 Å². The molecule has 236 valence electrons. The minimum atomic E-state index is -0.385. The van der Waals surface area contributed by atoms with Crippen LogP contribution in [-0.4, -0.2) is 30.2 Å². The Labute approximate surface area is 251 Å². The van der Waals surface area contributed by atoms with Gasteiger partial charge in [-0.15, -0.1) is 0 Å². The lowest BCUT2D eigenvalue weighted by molar-refractivity contribution is -0.180. The van der Waals surface area contributed by atoms with Crippen molar-refractivity contribution in [1.29, 1.82) is 0 Å². The maximum absolute atomic E-state index is 9.37. The Morgan fingerprint density at radius 3 is 1.32 bits per heavy atom. The summed E-state index contributed by atoms with van der Waals surface area (Å²) in [6, 6.07) is 0. The van der Waals surface area contributed by atoms with Gasteiger partial charge in [0.2, 0.25) is 0 Å². The third-order valence-corrected chi connectivity index (χ3v) is 8.50. The number of ether oxygens (including phenoxy) is 2. The number of aliphatic hydroxyl groups excluding tert-OH is 1. The molecule has 0 spiro atoms. The molecule has 1 rings (SSSR count). The summed E-state index contributed by atoms with van der Waals surface area (Å²) in [5, 5.41) is 9.37. The zero-order valence-electron chi connectivity index (χ0n) is 27.2. The van der Waals surface area contributed by atoms with Gasteiger partial charge in [-0.05, 0) is 70.6 Å². The monoisotopic (exact) mass is 563 g/mol. The van der Waals surface area contributed by atoms with E-state index >= 15 is 0 Å². The van der Waals surface area contributed by atoms with E-state index in [4.69, 9.17) is 9.47 Å². The van der Waals surface area contributed by atoms with Crippen molar-refractivity contribution in [2.24, 2.45) is 0 Å². The molecule has 0 aromatic carbocycles. The number of allylic oxidation sites excluding steroid dienone is 4.